The second-order valence-electron chi connectivity index (χ2n) is 4.46. The van der Waals surface area contributed by atoms with Crippen molar-refractivity contribution < 1.29 is 19.1 Å². The van der Waals surface area contributed by atoms with Crippen LogP contribution in [0.25, 0.3) is 0 Å². The number of hydrogen-bond donors (Lipinski definition) is 1. The average Bonchev–Trinajstić information content (AvgIpc) is 2.70. The Morgan fingerprint density at radius 2 is 1.65 bits per heavy atom. The van der Waals surface area contributed by atoms with Gasteiger partial charge in [0.05, 0.1) is 5.69 Å². The summed E-state index contributed by atoms with van der Waals surface area (Å²) in [5, 5.41) is 9.15. The molecule has 0 fully saturated rings. The molecule has 0 bridgehead atoms. The maximum absolute atomic E-state index is 15.4. The maximum Gasteiger partial charge on any atom is 0.418 e. The molecule has 1 aliphatic rings. The molecule has 1 aliphatic heterocycles. The number of hydrogen-bond acceptors (Lipinski definition) is 2. The normalized spacial score (nSPS) is 20.9. The molecule has 2 aromatic carbocycles. The Morgan fingerprint density at radius 3 is 2.30 bits per heavy atom. The van der Waals surface area contributed by atoms with Crippen molar-refractivity contribution >= 4 is 17.7 Å². The van der Waals surface area contributed by atoms with Gasteiger partial charge in [0.2, 0.25) is 5.67 Å². The van der Waals surface area contributed by atoms with E-state index < -0.39 is 17.7 Å². The molecule has 3 rings (SSSR count). The van der Waals surface area contributed by atoms with Gasteiger partial charge in [-0.1, -0.05) is 48.5 Å². The van der Waals surface area contributed by atoms with Crippen LogP contribution in [0, 0.1) is 0 Å². The largest absolute Gasteiger partial charge is 0.464 e. The average molecular weight is 271 g/mol. The number of rotatable bonds is 1. The molecule has 1 heterocycles. The molecule has 0 saturated heterocycles. The molecule has 0 radical (unpaired) electrons. The van der Waals surface area contributed by atoms with E-state index in [-0.39, 0.29) is 16.8 Å². The standard InChI is InChI=1S/C15H10FNO3/c16-15(10-6-2-1-3-7-10)11-8-4-5-9-12(11)17(13(15)18)14(19)20/h1-9H,(H,19,20)/t15-/m0/s1. The van der Waals surface area contributed by atoms with Gasteiger partial charge < -0.3 is 5.11 Å². The summed E-state index contributed by atoms with van der Waals surface area (Å²) >= 11 is 0. The number of amides is 2. The number of carboxylic acid groups (broad SMARTS) is 1. The second kappa shape index (κ2) is 4.16. The predicted molar refractivity (Wildman–Crippen MR) is 70.3 cm³/mol. The van der Waals surface area contributed by atoms with Crippen molar-refractivity contribution in [3.63, 3.8) is 0 Å². The highest BCUT2D eigenvalue weighted by molar-refractivity contribution is 6.21. The summed E-state index contributed by atoms with van der Waals surface area (Å²) in [4.78, 5) is 24.0. The van der Waals surface area contributed by atoms with E-state index in [1.165, 1.54) is 24.3 Å². The Labute approximate surface area is 114 Å². The van der Waals surface area contributed by atoms with Crippen LogP contribution in [-0.4, -0.2) is 17.1 Å². The fraction of sp³-hybridized carbons (Fsp3) is 0.0667. The Balaban J connectivity index is 2.28. The monoisotopic (exact) mass is 271 g/mol. The third kappa shape index (κ3) is 1.46. The third-order valence-electron chi connectivity index (χ3n) is 3.38. The van der Waals surface area contributed by atoms with Gasteiger partial charge in [0, 0.05) is 11.1 Å². The topological polar surface area (TPSA) is 57.6 Å². The van der Waals surface area contributed by atoms with Crippen LogP contribution in [-0.2, 0) is 10.5 Å². The smallest absolute Gasteiger partial charge is 0.418 e. The number of nitrogens with zero attached hydrogens (tertiary/aromatic N) is 1. The molecular weight excluding hydrogens is 261 g/mol. The molecule has 100 valence electrons. The molecule has 0 spiro atoms. The number of benzene rings is 2. The highest BCUT2D eigenvalue weighted by atomic mass is 19.1. The van der Waals surface area contributed by atoms with E-state index in [4.69, 9.17) is 5.11 Å². The Kier molecular flexibility index (Phi) is 2.57. The number of carbonyl (C=O) groups excluding carboxylic acids is 1. The van der Waals surface area contributed by atoms with Crippen LogP contribution in [0.2, 0.25) is 0 Å². The fourth-order valence-electron chi connectivity index (χ4n) is 2.48. The summed E-state index contributed by atoms with van der Waals surface area (Å²) in [6, 6.07) is 13.9. The van der Waals surface area contributed by atoms with E-state index in [0.29, 0.717) is 4.90 Å². The first kappa shape index (κ1) is 12.3. The molecule has 20 heavy (non-hydrogen) atoms. The first-order valence-electron chi connectivity index (χ1n) is 5.98. The summed E-state index contributed by atoms with van der Waals surface area (Å²) in [5.74, 6) is -1.10. The maximum atomic E-state index is 15.4. The van der Waals surface area contributed by atoms with E-state index in [1.54, 1.807) is 30.3 Å². The molecule has 0 saturated carbocycles. The second-order valence-corrected chi connectivity index (χ2v) is 4.46. The van der Waals surface area contributed by atoms with Gasteiger partial charge in [-0.25, -0.2) is 14.1 Å². The highest BCUT2D eigenvalue weighted by Crippen LogP contribution is 2.47. The van der Waals surface area contributed by atoms with Crippen molar-refractivity contribution in [1.29, 1.82) is 0 Å². The Hall–Kier alpha value is -2.69. The van der Waals surface area contributed by atoms with Crippen LogP contribution in [0.15, 0.2) is 54.6 Å². The van der Waals surface area contributed by atoms with Gasteiger partial charge in [-0.2, -0.15) is 0 Å². The lowest BCUT2D eigenvalue weighted by molar-refractivity contribution is -0.126. The minimum absolute atomic E-state index is 0.0543. The lowest BCUT2D eigenvalue weighted by Crippen LogP contribution is -2.40. The molecular formula is C15H10FNO3. The van der Waals surface area contributed by atoms with Gasteiger partial charge in [-0.05, 0) is 6.07 Å². The van der Waals surface area contributed by atoms with Gasteiger partial charge >= 0.3 is 6.09 Å². The summed E-state index contributed by atoms with van der Waals surface area (Å²) in [6.45, 7) is 0. The number of alkyl halides is 1. The molecule has 0 aliphatic carbocycles. The van der Waals surface area contributed by atoms with Crippen LogP contribution >= 0.6 is 0 Å². The van der Waals surface area contributed by atoms with Crippen LogP contribution < -0.4 is 4.90 Å². The SMILES string of the molecule is O=C(O)N1C(=O)[C@](F)(c2ccccc2)c2ccccc21. The van der Waals surface area contributed by atoms with Crippen LogP contribution in [0.5, 0.6) is 0 Å². The highest BCUT2D eigenvalue weighted by Gasteiger charge is 2.55. The number of anilines is 1. The first-order valence-corrected chi connectivity index (χ1v) is 5.98. The number of carbonyl (C=O) groups is 2. The quantitative estimate of drug-likeness (QED) is 0.867. The molecule has 1 N–H and O–H groups in total. The predicted octanol–water partition coefficient (Wildman–Crippen LogP) is 2.92. The number of halogens is 1. The summed E-state index contributed by atoms with van der Waals surface area (Å²) in [5.41, 5.74) is -2.22. The van der Waals surface area contributed by atoms with Crippen molar-refractivity contribution in [2.75, 3.05) is 4.90 Å². The van der Waals surface area contributed by atoms with Crippen molar-refractivity contribution in [3.8, 4) is 0 Å². The summed E-state index contributed by atoms with van der Waals surface area (Å²) in [6.07, 6.45) is -1.49. The third-order valence-corrected chi connectivity index (χ3v) is 3.38. The van der Waals surface area contributed by atoms with Gasteiger partial charge in [0.1, 0.15) is 0 Å². The van der Waals surface area contributed by atoms with Crippen LogP contribution in [0.1, 0.15) is 11.1 Å². The van der Waals surface area contributed by atoms with Crippen LogP contribution in [0.4, 0.5) is 14.9 Å². The van der Waals surface area contributed by atoms with E-state index in [2.05, 4.69) is 0 Å². The van der Waals surface area contributed by atoms with E-state index in [0.717, 1.165) is 0 Å². The van der Waals surface area contributed by atoms with E-state index in [1.807, 2.05) is 0 Å². The van der Waals surface area contributed by atoms with Crippen LogP contribution in [0.3, 0.4) is 0 Å². The zero-order valence-corrected chi connectivity index (χ0v) is 10.3. The number of fused-ring (bicyclic) bond motifs is 1. The zero-order chi connectivity index (χ0) is 14.3. The number of imide groups is 1. The first-order chi connectivity index (χ1) is 9.56. The molecule has 0 unspecified atom stereocenters. The molecule has 2 amide bonds. The molecule has 0 aromatic heterocycles. The minimum Gasteiger partial charge on any atom is -0.464 e. The fourth-order valence-corrected chi connectivity index (χ4v) is 2.48. The minimum atomic E-state index is -2.46. The van der Waals surface area contributed by atoms with Gasteiger partial charge in [0.15, 0.2) is 0 Å². The number of para-hydroxylation sites is 1. The molecule has 2 aromatic rings. The van der Waals surface area contributed by atoms with Crippen molar-refractivity contribution in [2.45, 2.75) is 5.67 Å². The lowest BCUT2D eigenvalue weighted by Gasteiger charge is -2.19. The van der Waals surface area contributed by atoms with Gasteiger partial charge in [-0.3, -0.25) is 4.79 Å². The molecule has 4 nitrogen and oxygen atoms in total. The molecule has 5 heteroatoms. The lowest BCUT2D eigenvalue weighted by atomic mass is 9.89. The van der Waals surface area contributed by atoms with Gasteiger partial charge in [-0.15, -0.1) is 0 Å². The molecule has 1 atom stereocenters. The zero-order valence-electron chi connectivity index (χ0n) is 10.3. The van der Waals surface area contributed by atoms with Crippen molar-refractivity contribution in [1.82, 2.24) is 0 Å². The summed E-state index contributed by atoms with van der Waals surface area (Å²) in [7, 11) is 0. The Morgan fingerprint density at radius 1 is 1.05 bits per heavy atom. The van der Waals surface area contributed by atoms with Gasteiger partial charge in [0.25, 0.3) is 5.91 Å². The Bertz CT molecular complexity index is 701. The van der Waals surface area contributed by atoms with E-state index in [9.17, 15) is 9.59 Å². The summed E-state index contributed by atoms with van der Waals surface area (Å²) < 4.78 is 15.4. The van der Waals surface area contributed by atoms with Crippen molar-refractivity contribution in [3.05, 3.63) is 65.7 Å². The van der Waals surface area contributed by atoms with Crippen molar-refractivity contribution in [2.24, 2.45) is 0 Å². The van der Waals surface area contributed by atoms with E-state index >= 15 is 4.39 Å².